The summed E-state index contributed by atoms with van der Waals surface area (Å²) in [6.45, 7) is 6.13. The molecule has 0 atom stereocenters. The number of hydrogen-bond donors (Lipinski definition) is 1. The van der Waals surface area contributed by atoms with Crippen LogP contribution in [0.4, 0.5) is 19.0 Å². The number of anilines is 1. The zero-order chi connectivity index (χ0) is 24.7. The second-order valence-electron chi connectivity index (χ2n) is 8.54. The third-order valence-electron chi connectivity index (χ3n) is 5.92. The molecule has 0 bridgehead atoms. The highest BCUT2D eigenvalue weighted by Gasteiger charge is 2.36. The molecule has 0 aliphatic rings. The van der Waals surface area contributed by atoms with E-state index in [2.05, 4.69) is 14.8 Å². The van der Waals surface area contributed by atoms with Crippen LogP contribution >= 0.6 is 0 Å². The maximum absolute atomic E-state index is 13.5. The molecule has 0 aliphatic carbocycles. The van der Waals surface area contributed by atoms with Crippen LogP contribution in [0.2, 0.25) is 0 Å². The Kier molecular flexibility index (Phi) is 5.89. The minimum Gasteiger partial charge on any atom is -0.263 e. The van der Waals surface area contributed by atoms with E-state index in [1.807, 2.05) is 20.8 Å². The smallest absolute Gasteiger partial charge is 0.263 e. The molecule has 34 heavy (non-hydrogen) atoms. The van der Waals surface area contributed by atoms with Gasteiger partial charge < -0.3 is 0 Å². The molecular formula is C24H23F3N4O2S. The molecule has 0 amide bonds. The van der Waals surface area contributed by atoms with Crippen molar-refractivity contribution in [2.75, 3.05) is 4.72 Å². The molecule has 2 aromatic heterocycles. The quantitative estimate of drug-likeness (QED) is 0.365. The van der Waals surface area contributed by atoms with E-state index in [1.165, 1.54) is 12.1 Å². The van der Waals surface area contributed by atoms with Crippen LogP contribution in [0.5, 0.6) is 0 Å². The van der Waals surface area contributed by atoms with E-state index in [4.69, 9.17) is 0 Å². The first-order chi connectivity index (χ1) is 15.9. The Balaban J connectivity index is 1.79. The van der Waals surface area contributed by atoms with Gasteiger partial charge in [0.15, 0.2) is 5.69 Å². The Morgan fingerprint density at radius 2 is 1.71 bits per heavy atom. The van der Waals surface area contributed by atoms with Crippen molar-refractivity contribution in [2.24, 2.45) is 0 Å². The van der Waals surface area contributed by atoms with Crippen LogP contribution in [-0.4, -0.2) is 23.2 Å². The average Bonchev–Trinajstić information content (AvgIpc) is 3.22. The van der Waals surface area contributed by atoms with Crippen LogP contribution in [0.3, 0.4) is 0 Å². The zero-order valence-electron chi connectivity index (χ0n) is 18.8. The van der Waals surface area contributed by atoms with Gasteiger partial charge in [0.05, 0.1) is 16.1 Å². The largest absolute Gasteiger partial charge is 0.435 e. The molecule has 2 aromatic carbocycles. The lowest BCUT2D eigenvalue weighted by molar-refractivity contribution is -0.141. The summed E-state index contributed by atoms with van der Waals surface area (Å²) in [5.41, 5.74) is 0.400. The minimum absolute atomic E-state index is 0.0657. The summed E-state index contributed by atoms with van der Waals surface area (Å²) in [6.07, 6.45) is -2.35. The molecule has 6 nitrogen and oxygen atoms in total. The molecule has 4 rings (SSSR count). The SMILES string of the molecule is CCC(C)(C)c1ccc(S(=O)(=O)Nc2cc(C(F)(F)F)nn2-c2cccc3ncccc23)cc1. The van der Waals surface area contributed by atoms with E-state index in [9.17, 15) is 21.6 Å². The molecule has 178 valence electrons. The molecule has 4 aromatic rings. The fraction of sp³-hybridized carbons (Fsp3) is 0.250. The maximum Gasteiger partial charge on any atom is 0.435 e. The fourth-order valence-electron chi connectivity index (χ4n) is 3.53. The van der Waals surface area contributed by atoms with Gasteiger partial charge in [0, 0.05) is 17.6 Å². The van der Waals surface area contributed by atoms with Crippen molar-refractivity contribution in [1.82, 2.24) is 14.8 Å². The van der Waals surface area contributed by atoms with Crippen LogP contribution in [0.25, 0.3) is 16.6 Å². The number of hydrogen-bond acceptors (Lipinski definition) is 4. The van der Waals surface area contributed by atoms with E-state index in [-0.39, 0.29) is 21.8 Å². The molecule has 0 fully saturated rings. The van der Waals surface area contributed by atoms with Crippen LogP contribution in [-0.2, 0) is 21.6 Å². The van der Waals surface area contributed by atoms with Gasteiger partial charge in [-0.05, 0) is 53.8 Å². The highest BCUT2D eigenvalue weighted by Crippen LogP contribution is 2.34. The van der Waals surface area contributed by atoms with Gasteiger partial charge in [-0.15, -0.1) is 0 Å². The van der Waals surface area contributed by atoms with Gasteiger partial charge >= 0.3 is 6.18 Å². The fourth-order valence-corrected chi connectivity index (χ4v) is 4.57. The highest BCUT2D eigenvalue weighted by atomic mass is 32.2. The Hall–Kier alpha value is -3.40. The standard InChI is InChI=1S/C24H23F3N4O2S/c1-4-23(2,3)16-10-12-17(13-11-16)34(32,33)30-22-15-21(24(25,26)27)29-31(22)20-9-5-8-19-18(20)7-6-14-28-19/h5-15,30H,4H2,1-3H3. The highest BCUT2D eigenvalue weighted by molar-refractivity contribution is 7.92. The van der Waals surface area contributed by atoms with E-state index < -0.39 is 21.9 Å². The molecular weight excluding hydrogens is 465 g/mol. The van der Waals surface area contributed by atoms with Gasteiger partial charge in [-0.1, -0.05) is 39.0 Å². The van der Waals surface area contributed by atoms with Crippen molar-refractivity contribution in [2.45, 2.75) is 43.7 Å². The number of fused-ring (bicyclic) bond motifs is 1. The number of pyridine rings is 1. The average molecular weight is 489 g/mol. The van der Waals surface area contributed by atoms with Gasteiger partial charge in [0.25, 0.3) is 10.0 Å². The topological polar surface area (TPSA) is 76.9 Å². The molecule has 0 radical (unpaired) electrons. The summed E-state index contributed by atoms with van der Waals surface area (Å²) in [7, 11) is -4.19. The zero-order valence-corrected chi connectivity index (χ0v) is 19.6. The molecule has 10 heteroatoms. The molecule has 0 saturated heterocycles. The van der Waals surface area contributed by atoms with E-state index in [0.29, 0.717) is 17.0 Å². The third-order valence-corrected chi connectivity index (χ3v) is 7.29. The second-order valence-corrected chi connectivity index (χ2v) is 10.2. The summed E-state index contributed by atoms with van der Waals surface area (Å²) in [6, 6.07) is 15.2. The normalized spacial score (nSPS) is 12.8. The first-order valence-corrected chi connectivity index (χ1v) is 12.1. The van der Waals surface area contributed by atoms with Crippen molar-refractivity contribution in [1.29, 1.82) is 0 Å². The van der Waals surface area contributed by atoms with Crippen molar-refractivity contribution >= 4 is 26.7 Å². The number of benzene rings is 2. The van der Waals surface area contributed by atoms with Crippen molar-refractivity contribution in [3.63, 3.8) is 0 Å². The van der Waals surface area contributed by atoms with Gasteiger partial charge in [0.2, 0.25) is 0 Å². The van der Waals surface area contributed by atoms with Gasteiger partial charge in [-0.3, -0.25) is 9.71 Å². The maximum atomic E-state index is 13.5. The third kappa shape index (κ3) is 4.50. The van der Waals surface area contributed by atoms with Gasteiger partial charge in [-0.25, -0.2) is 13.1 Å². The Morgan fingerprint density at radius 1 is 1.00 bits per heavy atom. The molecule has 2 heterocycles. The molecule has 0 unspecified atom stereocenters. The monoisotopic (exact) mass is 488 g/mol. The summed E-state index contributed by atoms with van der Waals surface area (Å²) in [4.78, 5) is 4.14. The molecule has 0 spiro atoms. The Bertz CT molecular complexity index is 1440. The Morgan fingerprint density at radius 3 is 2.35 bits per heavy atom. The molecule has 1 N–H and O–H groups in total. The van der Waals surface area contributed by atoms with E-state index in [0.717, 1.165) is 16.7 Å². The predicted octanol–water partition coefficient (Wildman–Crippen LogP) is 5.93. The number of rotatable bonds is 6. The number of alkyl halides is 3. The number of sulfonamides is 1. The van der Waals surface area contributed by atoms with Gasteiger partial charge in [0.1, 0.15) is 5.82 Å². The summed E-state index contributed by atoms with van der Waals surface area (Å²) in [5, 5.41) is 4.20. The summed E-state index contributed by atoms with van der Waals surface area (Å²) in [5.74, 6) is -0.332. The minimum atomic E-state index is -4.76. The van der Waals surface area contributed by atoms with Crippen LogP contribution in [0.15, 0.2) is 71.8 Å². The molecule has 0 saturated carbocycles. The number of aromatic nitrogens is 3. The van der Waals surface area contributed by atoms with Crippen LogP contribution in [0, 0.1) is 0 Å². The van der Waals surface area contributed by atoms with Crippen LogP contribution < -0.4 is 4.72 Å². The summed E-state index contributed by atoms with van der Waals surface area (Å²) >= 11 is 0. The first-order valence-electron chi connectivity index (χ1n) is 10.6. The Labute approximate surface area is 195 Å². The molecule has 0 aliphatic heterocycles. The summed E-state index contributed by atoms with van der Waals surface area (Å²) < 4.78 is 69.9. The van der Waals surface area contributed by atoms with E-state index in [1.54, 1.807) is 48.7 Å². The van der Waals surface area contributed by atoms with Crippen molar-refractivity contribution in [3.05, 3.63) is 78.1 Å². The lowest BCUT2D eigenvalue weighted by atomic mass is 9.82. The predicted molar refractivity (Wildman–Crippen MR) is 124 cm³/mol. The van der Waals surface area contributed by atoms with Crippen molar-refractivity contribution in [3.8, 4) is 5.69 Å². The van der Waals surface area contributed by atoms with Gasteiger partial charge in [-0.2, -0.15) is 18.3 Å². The van der Waals surface area contributed by atoms with Crippen LogP contribution in [0.1, 0.15) is 38.4 Å². The number of halogens is 3. The van der Waals surface area contributed by atoms with Crippen molar-refractivity contribution < 1.29 is 21.6 Å². The lowest BCUT2D eigenvalue weighted by Gasteiger charge is -2.23. The number of nitrogens with one attached hydrogen (secondary N) is 1. The lowest BCUT2D eigenvalue weighted by Crippen LogP contribution is -2.18. The first kappa shape index (κ1) is 23.7. The second kappa shape index (κ2) is 8.43. The van der Waals surface area contributed by atoms with E-state index >= 15 is 0 Å². The number of nitrogens with zero attached hydrogens (tertiary/aromatic N) is 3.